The number of aliphatic hydroxyl groups excluding tert-OH is 1. The van der Waals surface area contributed by atoms with E-state index in [9.17, 15) is 38.1 Å². The summed E-state index contributed by atoms with van der Waals surface area (Å²) in [6.07, 6.45) is 14.7. The third-order valence-corrected chi connectivity index (χ3v) is 16.2. The second-order valence-electron chi connectivity index (χ2n) is 20.0. The van der Waals surface area contributed by atoms with Gasteiger partial charge in [-0.3, -0.25) is 22.8 Å². The van der Waals surface area contributed by atoms with Gasteiger partial charge < -0.3 is 64.7 Å². The average Bonchev–Trinajstić information content (AvgIpc) is 3.33. The SMILES string of the molecule is CC(C)CCCCCP(=O)([O-])CO[C@H](CO)Cn1ccc(N)nc1=O.CC(C)CCCCCP1(=O)CO[C@@H](Cn2ccc(N)nc2=O)CO1.COCCCCC(C)C.Nc1ccn(C[C@H]2COP(=O)(O)CO2)c(=O)n1.[Na+]. The maximum absolute atomic E-state index is 12.6. The van der Waals surface area contributed by atoms with Crippen molar-refractivity contribution in [1.82, 2.24) is 28.7 Å². The number of unbranched alkanes of at least 4 members (excludes halogenated alkanes) is 5. The molecule has 5 rings (SSSR count). The zero-order valence-electron chi connectivity index (χ0n) is 46.2. The van der Waals surface area contributed by atoms with Gasteiger partial charge in [-0.15, -0.1) is 0 Å². The predicted molar refractivity (Wildman–Crippen MR) is 289 cm³/mol. The molecule has 2 aliphatic rings. The van der Waals surface area contributed by atoms with Gasteiger partial charge in [-0.05, 0) is 61.4 Å². The predicted octanol–water partition coefficient (Wildman–Crippen LogP) is 2.56. The van der Waals surface area contributed by atoms with E-state index >= 15 is 0 Å². The minimum Gasteiger partial charge on any atom is -0.798 e. The van der Waals surface area contributed by atoms with Gasteiger partial charge in [0.15, 0.2) is 0 Å². The number of nitrogens with two attached hydrogens (primary N) is 3. The smallest absolute Gasteiger partial charge is 0.798 e. The molecule has 8 N–H and O–H groups in total. The van der Waals surface area contributed by atoms with E-state index in [4.69, 9.17) is 50.1 Å². The fraction of sp³-hybridized carbons (Fsp3) is 0.750. The number of aliphatic hydroxyl groups is 1. The maximum atomic E-state index is 12.6. The van der Waals surface area contributed by atoms with Crippen LogP contribution in [0.1, 0.15) is 112 Å². The van der Waals surface area contributed by atoms with Crippen LogP contribution < -0.4 is 68.7 Å². The van der Waals surface area contributed by atoms with Crippen molar-refractivity contribution in [2.45, 2.75) is 150 Å². The Labute approximate surface area is 470 Å². The summed E-state index contributed by atoms with van der Waals surface area (Å²) >= 11 is 0. The minimum atomic E-state index is -3.65. The normalized spacial score (nSPS) is 20.5. The summed E-state index contributed by atoms with van der Waals surface area (Å²) in [6.45, 7) is 14.5. The van der Waals surface area contributed by atoms with Gasteiger partial charge in [0.05, 0.1) is 51.9 Å². The number of nitrogens with zero attached hydrogens (tertiary/aromatic N) is 6. The molecule has 6 atom stereocenters. The molecule has 76 heavy (non-hydrogen) atoms. The van der Waals surface area contributed by atoms with E-state index in [-0.39, 0.29) is 98.3 Å². The number of aromatic nitrogens is 6. The molecule has 0 aliphatic carbocycles. The number of ether oxygens (including phenoxy) is 4. The first-order valence-corrected chi connectivity index (χ1v) is 31.5. The Bertz CT molecular complexity index is 2390. The van der Waals surface area contributed by atoms with Gasteiger partial charge in [0.25, 0.3) is 0 Å². The summed E-state index contributed by atoms with van der Waals surface area (Å²) in [6, 6.07) is 4.50. The maximum Gasteiger partial charge on any atom is 1.00 e. The average molecular weight is 1150 g/mol. The number of anilines is 3. The summed E-state index contributed by atoms with van der Waals surface area (Å²) < 4.78 is 71.0. The molecule has 0 radical (unpaired) electrons. The van der Waals surface area contributed by atoms with Gasteiger partial charge in [-0.1, -0.05) is 92.9 Å². The van der Waals surface area contributed by atoms with Crippen LogP contribution in [0.4, 0.5) is 17.5 Å². The third-order valence-electron chi connectivity index (χ3n) is 11.5. The Morgan fingerprint density at radius 3 is 1.57 bits per heavy atom. The Balaban J connectivity index is 0.000000530. The Hall–Kier alpha value is -2.63. The van der Waals surface area contributed by atoms with Crippen molar-refractivity contribution in [3.63, 3.8) is 0 Å². The van der Waals surface area contributed by atoms with Gasteiger partial charge in [0.1, 0.15) is 42.4 Å². The van der Waals surface area contributed by atoms with Crippen LogP contribution in [0, 0.1) is 17.8 Å². The van der Waals surface area contributed by atoms with Gasteiger partial charge >= 0.3 is 54.2 Å². The summed E-state index contributed by atoms with van der Waals surface area (Å²) in [7, 11) is -8.17. The second kappa shape index (κ2) is 38.1. The zero-order chi connectivity index (χ0) is 56.0. The van der Waals surface area contributed by atoms with Crippen molar-refractivity contribution in [1.29, 1.82) is 0 Å². The molecule has 2 saturated heterocycles. The molecule has 3 aromatic rings. The van der Waals surface area contributed by atoms with Crippen molar-refractivity contribution in [2.75, 3.05) is 82.1 Å². The molecule has 2 fully saturated rings. The molecule has 24 nitrogen and oxygen atoms in total. The van der Waals surface area contributed by atoms with Crippen molar-refractivity contribution in [3.05, 3.63) is 68.2 Å². The minimum absolute atomic E-state index is 0. The van der Waals surface area contributed by atoms with Crippen LogP contribution in [0.5, 0.6) is 0 Å². The molecule has 3 unspecified atom stereocenters. The van der Waals surface area contributed by atoms with Crippen LogP contribution >= 0.6 is 22.3 Å². The number of methoxy groups -OCH3 is 1. The van der Waals surface area contributed by atoms with Crippen LogP contribution in [0.15, 0.2) is 51.2 Å². The van der Waals surface area contributed by atoms with E-state index in [0.717, 1.165) is 51.0 Å². The molecule has 3 aromatic heterocycles. The quantitative estimate of drug-likeness (QED) is 0.0416. The first-order valence-electron chi connectivity index (χ1n) is 25.8. The van der Waals surface area contributed by atoms with Gasteiger partial charge in [0.2, 0.25) is 7.37 Å². The molecule has 0 amide bonds. The summed E-state index contributed by atoms with van der Waals surface area (Å²) in [4.78, 5) is 66.7. The molecule has 5 heterocycles. The molecule has 0 saturated carbocycles. The molecule has 2 aliphatic heterocycles. The van der Waals surface area contributed by atoms with Crippen LogP contribution in [-0.2, 0) is 61.3 Å². The summed E-state index contributed by atoms with van der Waals surface area (Å²) in [5, 5.41) is 9.35. The monoisotopic (exact) mass is 1150 g/mol. The van der Waals surface area contributed by atoms with Crippen LogP contribution in [0.2, 0.25) is 0 Å². The summed E-state index contributed by atoms with van der Waals surface area (Å²) in [5.74, 6) is 2.62. The van der Waals surface area contributed by atoms with E-state index in [0.29, 0.717) is 31.0 Å². The standard InChI is InChI=1S/C16H30N3O5P.C16H28N3O4P.C8H12N3O5P.C8H18O.Na/c1-13(2)6-4-3-5-9-25(22,23)12-24-14(11-20)10-19-8-7-15(17)18-16(19)21;1-13(2)6-4-3-5-9-24(21)12-22-14(11-23-24)10-19-8-7-15(17)18-16(19)20;9-7-1-2-11(8(12)10-7)3-6-4-16-17(13,14)5-15-6;1-8(2)6-4-5-7-9-3;/h7-8,13-14,20H,3-6,9-12H2,1-2H3,(H,22,23)(H2,17,18,21);7-8,13-14H,3-6,9-12H2,1-2H3,(H2,17,18,20);1-2,6H,3-5H2,(H,13,14)(H2,9,10,12);8H,4-7H2,1-3H3;/q;;;;+1/p-1/t14-;14-,24?;6-;;/m000../s1. The molecular formula is C48H87N9NaO15P3. The Morgan fingerprint density at radius 1 is 0.711 bits per heavy atom. The number of hydrogen-bond donors (Lipinski definition) is 5. The van der Waals surface area contributed by atoms with Crippen molar-refractivity contribution in [2.24, 2.45) is 17.8 Å². The van der Waals surface area contributed by atoms with Crippen molar-refractivity contribution < 1.29 is 86.1 Å². The molecule has 430 valence electrons. The van der Waals surface area contributed by atoms with Crippen LogP contribution in [0.25, 0.3) is 0 Å². The first-order chi connectivity index (χ1) is 35.3. The first kappa shape index (κ1) is 71.4. The fourth-order valence-electron chi connectivity index (χ4n) is 7.16. The zero-order valence-corrected chi connectivity index (χ0v) is 50.8. The van der Waals surface area contributed by atoms with Crippen LogP contribution in [0.3, 0.4) is 0 Å². The Kier molecular flexibility index (Phi) is 35.8. The fourth-order valence-corrected chi connectivity index (χ4v) is 11.2. The number of nitrogen functional groups attached to an aromatic ring is 3. The second-order valence-corrected chi connectivity index (χ2v) is 26.7. The van der Waals surface area contributed by atoms with Gasteiger partial charge in [-0.25, -0.2) is 14.4 Å². The van der Waals surface area contributed by atoms with Gasteiger partial charge in [0, 0.05) is 45.8 Å². The molecule has 0 aromatic carbocycles. The summed E-state index contributed by atoms with van der Waals surface area (Å²) in [5.41, 5.74) is 14.7. The van der Waals surface area contributed by atoms with Crippen molar-refractivity contribution >= 4 is 39.8 Å². The molecular weight excluding hydrogens is 1060 g/mol. The van der Waals surface area contributed by atoms with E-state index in [1.807, 2.05) is 0 Å². The van der Waals surface area contributed by atoms with E-state index in [2.05, 4.69) is 56.5 Å². The molecule has 28 heteroatoms. The molecule has 0 bridgehead atoms. The largest absolute Gasteiger partial charge is 1.00 e. The number of rotatable bonds is 27. The van der Waals surface area contributed by atoms with E-state index in [1.165, 1.54) is 63.9 Å². The third kappa shape index (κ3) is 32.4. The topological polar surface area (TPSA) is 353 Å². The van der Waals surface area contributed by atoms with E-state index in [1.54, 1.807) is 19.4 Å². The van der Waals surface area contributed by atoms with Crippen LogP contribution in [-0.4, -0.2) is 122 Å². The Morgan fingerprint density at radius 2 is 1.16 bits per heavy atom. The van der Waals surface area contributed by atoms with Gasteiger partial charge in [-0.2, -0.15) is 15.0 Å². The van der Waals surface area contributed by atoms with E-state index < -0.39 is 64.6 Å². The number of hydrogen-bond acceptors (Lipinski definition) is 20. The molecule has 0 spiro atoms. The van der Waals surface area contributed by atoms with Crippen molar-refractivity contribution in [3.8, 4) is 0 Å².